The normalized spacial score (nSPS) is 16.2. The highest BCUT2D eigenvalue weighted by molar-refractivity contribution is 6.34. The first-order chi connectivity index (χ1) is 8.36. The second kappa shape index (κ2) is 4.20. The van der Waals surface area contributed by atoms with Crippen LogP contribution in [0.15, 0.2) is 12.1 Å². The molecule has 0 radical (unpaired) electrons. The molecule has 0 unspecified atom stereocenters. The molecule has 96 valence electrons. The second-order valence-electron chi connectivity index (χ2n) is 4.09. The summed E-state index contributed by atoms with van der Waals surface area (Å²) in [4.78, 5) is 22.6. The molecular weight excluding hydrogens is 268 g/mol. The first-order valence-electron chi connectivity index (χ1n) is 5.06. The van der Waals surface area contributed by atoms with Crippen LogP contribution in [0.1, 0.15) is 12.8 Å². The molecule has 0 saturated heterocycles. The summed E-state index contributed by atoms with van der Waals surface area (Å²) in [7, 11) is 0. The van der Waals surface area contributed by atoms with Crippen molar-refractivity contribution in [3.63, 3.8) is 0 Å². The SMILES string of the molecule is O=C(O)C1(C(=O)Nc2c(F)cc(F)cc2Cl)CC1. The van der Waals surface area contributed by atoms with Gasteiger partial charge in [0.2, 0.25) is 5.91 Å². The molecule has 1 aromatic carbocycles. The average Bonchev–Trinajstić information content (AvgIpc) is 3.03. The molecule has 1 amide bonds. The van der Waals surface area contributed by atoms with Crippen molar-refractivity contribution in [1.29, 1.82) is 0 Å². The third kappa shape index (κ3) is 2.03. The van der Waals surface area contributed by atoms with E-state index in [-0.39, 0.29) is 17.9 Å². The van der Waals surface area contributed by atoms with Gasteiger partial charge in [-0.05, 0) is 18.9 Å². The van der Waals surface area contributed by atoms with Crippen LogP contribution in [0.3, 0.4) is 0 Å². The van der Waals surface area contributed by atoms with Gasteiger partial charge in [-0.2, -0.15) is 0 Å². The summed E-state index contributed by atoms with van der Waals surface area (Å²) in [6.07, 6.45) is 0.378. The number of carbonyl (C=O) groups is 2. The number of anilines is 1. The Kier molecular flexibility index (Phi) is 2.98. The summed E-state index contributed by atoms with van der Waals surface area (Å²) in [6, 6.07) is 1.39. The fourth-order valence-electron chi connectivity index (χ4n) is 1.56. The molecule has 1 fully saturated rings. The Morgan fingerprint density at radius 1 is 1.33 bits per heavy atom. The van der Waals surface area contributed by atoms with Crippen LogP contribution >= 0.6 is 11.6 Å². The lowest BCUT2D eigenvalue weighted by Gasteiger charge is -2.12. The summed E-state index contributed by atoms with van der Waals surface area (Å²) in [6.45, 7) is 0. The minimum absolute atomic E-state index is 0.189. The van der Waals surface area contributed by atoms with Crippen LogP contribution < -0.4 is 5.32 Å². The van der Waals surface area contributed by atoms with E-state index in [2.05, 4.69) is 5.32 Å². The lowest BCUT2D eigenvalue weighted by molar-refractivity contribution is -0.147. The predicted octanol–water partition coefficient (Wildman–Crippen LogP) is 2.42. The number of carbonyl (C=O) groups excluding carboxylic acids is 1. The number of rotatable bonds is 3. The highest BCUT2D eigenvalue weighted by Gasteiger charge is 2.57. The van der Waals surface area contributed by atoms with Crippen molar-refractivity contribution in [2.24, 2.45) is 5.41 Å². The van der Waals surface area contributed by atoms with Crippen LogP contribution in [-0.2, 0) is 9.59 Å². The van der Waals surface area contributed by atoms with Crippen LogP contribution in [0.5, 0.6) is 0 Å². The van der Waals surface area contributed by atoms with Gasteiger partial charge < -0.3 is 10.4 Å². The molecule has 0 atom stereocenters. The smallest absolute Gasteiger partial charge is 0.319 e. The maximum absolute atomic E-state index is 13.4. The standard InChI is InChI=1S/C11H8ClF2NO3/c12-6-3-5(13)4-7(14)8(6)15-9(16)11(1-2-11)10(17)18/h3-4H,1-2H2,(H,15,16)(H,17,18). The Bertz CT molecular complexity index is 520. The van der Waals surface area contributed by atoms with Crippen LogP contribution in [-0.4, -0.2) is 17.0 Å². The van der Waals surface area contributed by atoms with E-state index in [0.717, 1.165) is 6.07 Å². The van der Waals surface area contributed by atoms with E-state index < -0.39 is 34.6 Å². The quantitative estimate of drug-likeness (QED) is 0.833. The fourth-order valence-corrected chi connectivity index (χ4v) is 1.80. The van der Waals surface area contributed by atoms with Crippen molar-refractivity contribution in [3.8, 4) is 0 Å². The fraction of sp³-hybridized carbons (Fsp3) is 0.273. The van der Waals surface area contributed by atoms with Crippen LogP contribution in [0, 0.1) is 17.0 Å². The van der Waals surface area contributed by atoms with E-state index in [4.69, 9.17) is 16.7 Å². The van der Waals surface area contributed by atoms with E-state index in [1.54, 1.807) is 0 Å². The number of hydrogen-bond acceptors (Lipinski definition) is 2. The highest BCUT2D eigenvalue weighted by Crippen LogP contribution is 2.47. The van der Waals surface area contributed by atoms with Gasteiger partial charge in [-0.15, -0.1) is 0 Å². The molecule has 1 aliphatic carbocycles. The van der Waals surface area contributed by atoms with E-state index >= 15 is 0 Å². The molecule has 1 aliphatic rings. The first-order valence-corrected chi connectivity index (χ1v) is 5.44. The molecule has 2 rings (SSSR count). The molecule has 18 heavy (non-hydrogen) atoms. The largest absolute Gasteiger partial charge is 0.480 e. The van der Waals surface area contributed by atoms with Gasteiger partial charge in [0.25, 0.3) is 0 Å². The Hall–Kier alpha value is -1.69. The number of carboxylic acid groups (broad SMARTS) is 1. The Morgan fingerprint density at radius 3 is 2.39 bits per heavy atom. The second-order valence-corrected chi connectivity index (χ2v) is 4.49. The van der Waals surface area contributed by atoms with Crippen LogP contribution in [0.2, 0.25) is 5.02 Å². The van der Waals surface area contributed by atoms with Crippen molar-refractivity contribution in [3.05, 3.63) is 28.8 Å². The van der Waals surface area contributed by atoms with Gasteiger partial charge in [-0.3, -0.25) is 9.59 Å². The van der Waals surface area contributed by atoms with E-state index in [9.17, 15) is 18.4 Å². The van der Waals surface area contributed by atoms with E-state index in [1.807, 2.05) is 0 Å². The maximum Gasteiger partial charge on any atom is 0.319 e. The Labute approximate surface area is 106 Å². The Balaban J connectivity index is 2.26. The monoisotopic (exact) mass is 275 g/mol. The molecule has 2 N–H and O–H groups in total. The van der Waals surface area contributed by atoms with Gasteiger partial charge in [0.15, 0.2) is 5.82 Å². The van der Waals surface area contributed by atoms with Gasteiger partial charge in [0.05, 0.1) is 10.7 Å². The zero-order valence-electron chi connectivity index (χ0n) is 8.97. The Morgan fingerprint density at radius 2 is 1.94 bits per heavy atom. The third-order valence-corrected chi connectivity index (χ3v) is 3.14. The van der Waals surface area contributed by atoms with Gasteiger partial charge >= 0.3 is 5.97 Å². The van der Waals surface area contributed by atoms with Crippen molar-refractivity contribution < 1.29 is 23.5 Å². The topological polar surface area (TPSA) is 66.4 Å². The van der Waals surface area contributed by atoms with Gasteiger partial charge in [-0.1, -0.05) is 11.6 Å². The number of hydrogen-bond donors (Lipinski definition) is 2. The van der Waals surface area contributed by atoms with Crippen molar-refractivity contribution in [2.75, 3.05) is 5.32 Å². The minimum Gasteiger partial charge on any atom is -0.480 e. The zero-order chi connectivity index (χ0) is 13.5. The number of amides is 1. The maximum atomic E-state index is 13.4. The molecule has 1 aromatic rings. The molecule has 1 saturated carbocycles. The lowest BCUT2D eigenvalue weighted by atomic mass is 10.1. The van der Waals surface area contributed by atoms with Gasteiger partial charge in [-0.25, -0.2) is 8.78 Å². The third-order valence-electron chi connectivity index (χ3n) is 2.84. The number of halogens is 3. The lowest BCUT2D eigenvalue weighted by Crippen LogP contribution is -2.31. The predicted molar refractivity (Wildman–Crippen MR) is 59.3 cm³/mol. The summed E-state index contributed by atoms with van der Waals surface area (Å²) < 4.78 is 26.2. The van der Waals surface area contributed by atoms with Gasteiger partial charge in [0.1, 0.15) is 11.2 Å². The number of carboxylic acids is 1. The first kappa shape index (κ1) is 12.8. The summed E-state index contributed by atoms with van der Waals surface area (Å²) in [5.74, 6) is -4.04. The summed E-state index contributed by atoms with van der Waals surface area (Å²) >= 11 is 5.59. The zero-order valence-corrected chi connectivity index (χ0v) is 9.72. The molecule has 0 aliphatic heterocycles. The highest BCUT2D eigenvalue weighted by atomic mass is 35.5. The number of aliphatic carboxylic acids is 1. The molecule has 0 spiro atoms. The summed E-state index contributed by atoms with van der Waals surface area (Å²) in [5.41, 5.74) is -1.92. The molecule has 4 nitrogen and oxygen atoms in total. The molecule has 0 aromatic heterocycles. The minimum atomic E-state index is -1.51. The number of nitrogens with one attached hydrogen (secondary N) is 1. The van der Waals surface area contributed by atoms with Gasteiger partial charge in [0, 0.05) is 6.07 Å². The summed E-state index contributed by atoms with van der Waals surface area (Å²) in [5, 5.41) is 10.7. The van der Waals surface area contributed by atoms with E-state index in [1.165, 1.54) is 0 Å². The molecule has 0 bridgehead atoms. The van der Waals surface area contributed by atoms with Crippen molar-refractivity contribution >= 4 is 29.2 Å². The van der Waals surface area contributed by atoms with E-state index in [0.29, 0.717) is 6.07 Å². The average molecular weight is 276 g/mol. The molecule has 0 heterocycles. The number of benzene rings is 1. The molecular formula is C11H8ClF2NO3. The van der Waals surface area contributed by atoms with Crippen molar-refractivity contribution in [1.82, 2.24) is 0 Å². The van der Waals surface area contributed by atoms with Crippen LogP contribution in [0.25, 0.3) is 0 Å². The molecule has 7 heteroatoms. The van der Waals surface area contributed by atoms with Crippen LogP contribution in [0.4, 0.5) is 14.5 Å². The van der Waals surface area contributed by atoms with Crippen molar-refractivity contribution in [2.45, 2.75) is 12.8 Å².